The lowest BCUT2D eigenvalue weighted by Gasteiger charge is -2.00. The van der Waals surface area contributed by atoms with Crippen molar-refractivity contribution in [3.63, 3.8) is 0 Å². The topological polar surface area (TPSA) is 100 Å². The molecule has 0 saturated heterocycles. The van der Waals surface area contributed by atoms with E-state index in [1.807, 2.05) is 19.1 Å². The third-order valence-electron chi connectivity index (χ3n) is 3.50. The molecule has 0 atom stereocenters. The number of pyridine rings is 1. The second-order valence-electron chi connectivity index (χ2n) is 5.19. The number of nitrogens with zero attached hydrogens (tertiary/aromatic N) is 5. The van der Waals surface area contributed by atoms with Crippen LogP contribution in [0, 0.1) is 0 Å². The van der Waals surface area contributed by atoms with E-state index in [2.05, 4.69) is 20.0 Å². The smallest absolute Gasteiger partial charge is 0.363 e. The molecule has 0 unspecified atom stereocenters. The van der Waals surface area contributed by atoms with Gasteiger partial charge in [-0.1, -0.05) is 35.5 Å². The van der Waals surface area contributed by atoms with Gasteiger partial charge in [-0.3, -0.25) is 4.98 Å². The van der Waals surface area contributed by atoms with Gasteiger partial charge in [0.05, 0.1) is 5.56 Å². The van der Waals surface area contributed by atoms with E-state index < -0.39 is 5.97 Å². The van der Waals surface area contributed by atoms with E-state index in [4.69, 9.17) is 10.3 Å². The minimum absolute atomic E-state index is 0.226. The number of carbonyl (C=O) groups excluding carboxylic acids is 1. The fraction of sp³-hybridized carbons (Fsp3) is 0.0556. The molecule has 3 rings (SSSR count). The molecule has 0 aliphatic carbocycles. The molecule has 0 spiro atoms. The Kier molecular flexibility index (Phi) is 4.69. The molecule has 0 saturated carbocycles. The number of cyclic esters (lactones) is 1. The standard InChI is InChI=1S/C18H13N5O2/c1-12(13-5-7-15(8-6-13)22-23-19)4-9-16-18(24)25-17(21-16)14-3-2-10-20-11-14/h2-11H,1H3. The van der Waals surface area contributed by atoms with Gasteiger partial charge >= 0.3 is 5.97 Å². The van der Waals surface area contributed by atoms with Crippen LogP contribution in [0.1, 0.15) is 18.1 Å². The van der Waals surface area contributed by atoms with Crippen molar-refractivity contribution in [2.75, 3.05) is 0 Å². The number of hydrogen-bond acceptors (Lipinski definition) is 5. The predicted octanol–water partition coefficient (Wildman–Crippen LogP) is 4.31. The van der Waals surface area contributed by atoms with Crippen molar-refractivity contribution in [3.8, 4) is 0 Å². The number of carbonyl (C=O) groups is 1. The van der Waals surface area contributed by atoms with Crippen LogP contribution in [-0.2, 0) is 9.53 Å². The molecule has 0 radical (unpaired) electrons. The SMILES string of the molecule is CC(=CC=C1N=C(c2cccnc2)OC1=O)c1ccc(N=[N+]=[N-])cc1. The summed E-state index contributed by atoms with van der Waals surface area (Å²) in [6.07, 6.45) is 6.62. The van der Waals surface area contributed by atoms with Crippen molar-refractivity contribution in [2.24, 2.45) is 10.1 Å². The normalized spacial score (nSPS) is 15.6. The van der Waals surface area contributed by atoms with Gasteiger partial charge in [0.2, 0.25) is 5.90 Å². The van der Waals surface area contributed by atoms with Crippen molar-refractivity contribution >= 4 is 23.1 Å². The maximum absolute atomic E-state index is 11.9. The Morgan fingerprint density at radius 3 is 2.76 bits per heavy atom. The van der Waals surface area contributed by atoms with E-state index in [1.54, 1.807) is 48.8 Å². The van der Waals surface area contributed by atoms with Crippen LogP contribution >= 0.6 is 0 Å². The average Bonchev–Trinajstić information content (AvgIpc) is 3.02. The minimum Gasteiger partial charge on any atom is -0.402 e. The Morgan fingerprint density at radius 2 is 2.08 bits per heavy atom. The summed E-state index contributed by atoms with van der Waals surface area (Å²) in [5.74, 6) is -0.254. The van der Waals surface area contributed by atoms with Crippen LogP contribution in [0.2, 0.25) is 0 Å². The highest BCUT2D eigenvalue weighted by Gasteiger charge is 2.23. The van der Waals surface area contributed by atoms with E-state index in [1.165, 1.54) is 0 Å². The van der Waals surface area contributed by atoms with Crippen molar-refractivity contribution in [1.82, 2.24) is 4.98 Å². The van der Waals surface area contributed by atoms with Gasteiger partial charge in [0.25, 0.3) is 0 Å². The number of ether oxygens (including phenoxy) is 1. The van der Waals surface area contributed by atoms with Gasteiger partial charge in [-0.05, 0) is 41.8 Å². The Morgan fingerprint density at radius 1 is 1.28 bits per heavy atom. The maximum Gasteiger partial charge on any atom is 0.363 e. The van der Waals surface area contributed by atoms with Crippen LogP contribution in [-0.4, -0.2) is 16.9 Å². The van der Waals surface area contributed by atoms with Gasteiger partial charge in [-0.15, -0.1) is 0 Å². The summed E-state index contributed by atoms with van der Waals surface area (Å²) >= 11 is 0. The summed E-state index contributed by atoms with van der Waals surface area (Å²) in [5, 5.41) is 3.53. The molecule has 1 aliphatic heterocycles. The van der Waals surface area contributed by atoms with Crippen LogP contribution in [0.15, 0.2) is 76.7 Å². The fourth-order valence-electron chi connectivity index (χ4n) is 2.18. The van der Waals surface area contributed by atoms with Gasteiger partial charge in [-0.2, -0.15) is 0 Å². The fourth-order valence-corrected chi connectivity index (χ4v) is 2.18. The predicted molar refractivity (Wildman–Crippen MR) is 93.8 cm³/mol. The zero-order valence-electron chi connectivity index (χ0n) is 13.3. The third-order valence-corrected chi connectivity index (χ3v) is 3.50. The zero-order chi connectivity index (χ0) is 17.6. The van der Waals surface area contributed by atoms with E-state index in [0.717, 1.165) is 11.1 Å². The highest BCUT2D eigenvalue weighted by molar-refractivity contribution is 6.11. The highest BCUT2D eigenvalue weighted by Crippen LogP contribution is 2.21. The summed E-state index contributed by atoms with van der Waals surface area (Å²) in [6.45, 7) is 1.91. The molecule has 0 N–H and O–H groups in total. The van der Waals surface area contributed by atoms with Gasteiger partial charge in [0, 0.05) is 23.0 Å². The lowest BCUT2D eigenvalue weighted by atomic mass is 10.1. The lowest BCUT2D eigenvalue weighted by molar-refractivity contribution is -0.130. The van der Waals surface area contributed by atoms with Gasteiger partial charge < -0.3 is 4.74 Å². The van der Waals surface area contributed by atoms with E-state index >= 15 is 0 Å². The molecule has 2 heterocycles. The Balaban J connectivity index is 1.82. The largest absolute Gasteiger partial charge is 0.402 e. The number of rotatable bonds is 4. The van der Waals surface area contributed by atoms with Crippen molar-refractivity contribution in [1.29, 1.82) is 0 Å². The van der Waals surface area contributed by atoms with Gasteiger partial charge in [0.15, 0.2) is 5.70 Å². The summed E-state index contributed by atoms with van der Waals surface area (Å²) in [6, 6.07) is 10.6. The molecule has 2 aromatic rings. The first-order chi connectivity index (χ1) is 12.2. The van der Waals surface area contributed by atoms with E-state index in [0.29, 0.717) is 11.3 Å². The molecular weight excluding hydrogens is 318 g/mol. The summed E-state index contributed by atoms with van der Waals surface area (Å²) in [5.41, 5.74) is 11.7. The molecule has 0 amide bonds. The first-order valence-corrected chi connectivity index (χ1v) is 7.43. The summed E-state index contributed by atoms with van der Waals surface area (Å²) in [4.78, 5) is 22.9. The van der Waals surface area contributed by atoms with Crippen LogP contribution < -0.4 is 0 Å². The Labute approximate surface area is 143 Å². The van der Waals surface area contributed by atoms with E-state index in [-0.39, 0.29) is 11.6 Å². The third kappa shape index (κ3) is 3.80. The highest BCUT2D eigenvalue weighted by atomic mass is 16.6. The molecule has 0 fully saturated rings. The Bertz CT molecular complexity index is 937. The number of azide groups is 1. The minimum atomic E-state index is -0.499. The quantitative estimate of drug-likeness (QED) is 0.274. The van der Waals surface area contributed by atoms with Crippen molar-refractivity contribution in [2.45, 2.75) is 6.92 Å². The molecule has 7 nitrogen and oxygen atoms in total. The zero-order valence-corrected chi connectivity index (χ0v) is 13.3. The van der Waals surface area contributed by atoms with Crippen molar-refractivity contribution in [3.05, 3.63) is 88.2 Å². The second-order valence-corrected chi connectivity index (χ2v) is 5.19. The molecule has 1 aromatic carbocycles. The number of hydrogen-bond donors (Lipinski definition) is 0. The molecule has 25 heavy (non-hydrogen) atoms. The first-order valence-electron chi connectivity index (χ1n) is 7.43. The van der Waals surface area contributed by atoms with Gasteiger partial charge in [-0.25, -0.2) is 9.79 Å². The summed E-state index contributed by atoms with van der Waals surface area (Å²) < 4.78 is 5.17. The number of aliphatic imine (C=N–C) groups is 1. The summed E-state index contributed by atoms with van der Waals surface area (Å²) in [7, 11) is 0. The number of benzene rings is 1. The number of aromatic nitrogens is 1. The molecule has 7 heteroatoms. The molecular formula is C18H13N5O2. The van der Waals surface area contributed by atoms with Crippen LogP contribution in [0.25, 0.3) is 16.0 Å². The molecule has 1 aromatic heterocycles. The van der Waals surface area contributed by atoms with Crippen LogP contribution in [0.3, 0.4) is 0 Å². The van der Waals surface area contributed by atoms with Crippen LogP contribution in [0.5, 0.6) is 0 Å². The number of allylic oxidation sites excluding steroid dienone is 3. The van der Waals surface area contributed by atoms with E-state index in [9.17, 15) is 4.79 Å². The molecule has 122 valence electrons. The monoisotopic (exact) mass is 331 g/mol. The van der Waals surface area contributed by atoms with Crippen LogP contribution in [0.4, 0.5) is 5.69 Å². The first kappa shape index (κ1) is 16.2. The molecule has 0 bridgehead atoms. The van der Waals surface area contributed by atoms with Gasteiger partial charge in [0.1, 0.15) is 0 Å². The molecule has 1 aliphatic rings. The number of esters is 1. The lowest BCUT2D eigenvalue weighted by Crippen LogP contribution is -2.05. The van der Waals surface area contributed by atoms with Crippen molar-refractivity contribution < 1.29 is 9.53 Å². The second kappa shape index (κ2) is 7.25. The average molecular weight is 331 g/mol. The maximum atomic E-state index is 11.9. The Hall–Kier alpha value is -3.70.